The minimum absolute atomic E-state index is 0.0880. The van der Waals surface area contributed by atoms with E-state index < -0.39 is 29.8 Å². The number of aliphatic hydroxyl groups is 1. The quantitative estimate of drug-likeness (QED) is 0.456. The van der Waals surface area contributed by atoms with Gasteiger partial charge in [-0.15, -0.1) is 0 Å². The molecule has 0 aliphatic heterocycles. The Morgan fingerprint density at radius 2 is 1.59 bits per heavy atom. The molecule has 32 heavy (non-hydrogen) atoms. The van der Waals surface area contributed by atoms with Crippen LogP contribution in [0.1, 0.15) is 53.0 Å². The van der Waals surface area contributed by atoms with E-state index >= 15 is 0 Å². The highest BCUT2D eigenvalue weighted by atomic mass is 16.3. The Balaban J connectivity index is 3.13. The van der Waals surface area contributed by atoms with Gasteiger partial charge in [-0.25, -0.2) is 0 Å². The molecule has 0 fully saturated rings. The van der Waals surface area contributed by atoms with Gasteiger partial charge >= 0.3 is 0 Å². The second kappa shape index (κ2) is 13.7. The van der Waals surface area contributed by atoms with Crippen LogP contribution in [-0.4, -0.2) is 47.5 Å². The van der Waals surface area contributed by atoms with Gasteiger partial charge in [-0.05, 0) is 37.2 Å². The highest BCUT2D eigenvalue weighted by molar-refractivity contribution is 5.89. The number of rotatable bonds is 11. The van der Waals surface area contributed by atoms with Gasteiger partial charge in [-0.3, -0.25) is 24.8 Å². The van der Waals surface area contributed by atoms with Crippen LogP contribution in [0.3, 0.4) is 0 Å². The van der Waals surface area contributed by atoms with Crippen molar-refractivity contribution in [1.29, 1.82) is 0 Å². The molecule has 0 spiro atoms. The van der Waals surface area contributed by atoms with Crippen molar-refractivity contribution in [2.45, 2.75) is 53.6 Å². The standard InChI is InChI=1S/C25H39N3O4/c1-17(2)15-22(24(31)27-28(16-18(3)4)25(32)19(5)29)21(23(30)26-6)14-10-13-20-11-8-7-9-12-20/h7-13,17-19,21-22,29H,14-16H2,1-6H3,(H,26,30)(H,27,31)/b13-10+. The van der Waals surface area contributed by atoms with Gasteiger partial charge in [0, 0.05) is 13.6 Å². The van der Waals surface area contributed by atoms with Crippen LogP contribution in [0.25, 0.3) is 6.08 Å². The number of amides is 3. The number of nitrogens with zero attached hydrogens (tertiary/aromatic N) is 1. The summed E-state index contributed by atoms with van der Waals surface area (Å²) < 4.78 is 0. The summed E-state index contributed by atoms with van der Waals surface area (Å²) in [4.78, 5) is 38.5. The first kappa shape index (κ1) is 27.4. The van der Waals surface area contributed by atoms with Gasteiger partial charge in [0.05, 0.1) is 11.8 Å². The monoisotopic (exact) mass is 445 g/mol. The molecule has 0 saturated heterocycles. The average molecular weight is 446 g/mol. The zero-order chi connectivity index (χ0) is 24.3. The Morgan fingerprint density at radius 3 is 2.09 bits per heavy atom. The van der Waals surface area contributed by atoms with E-state index in [4.69, 9.17) is 0 Å². The van der Waals surface area contributed by atoms with Crippen LogP contribution in [0.15, 0.2) is 36.4 Å². The molecule has 0 radical (unpaired) electrons. The molecule has 1 aromatic carbocycles. The molecule has 0 bridgehead atoms. The highest BCUT2D eigenvalue weighted by Crippen LogP contribution is 2.25. The molecule has 0 saturated carbocycles. The van der Waals surface area contributed by atoms with Crippen molar-refractivity contribution in [3.8, 4) is 0 Å². The van der Waals surface area contributed by atoms with E-state index in [2.05, 4.69) is 10.7 Å². The molecule has 1 rings (SSSR count). The van der Waals surface area contributed by atoms with Crippen molar-refractivity contribution in [3.63, 3.8) is 0 Å². The lowest BCUT2D eigenvalue weighted by molar-refractivity contribution is -0.151. The fourth-order valence-electron chi connectivity index (χ4n) is 3.51. The first-order valence-corrected chi connectivity index (χ1v) is 11.3. The maximum atomic E-state index is 13.3. The normalized spacial score (nSPS) is 14.3. The number of aliphatic hydroxyl groups excluding tert-OH is 1. The Kier molecular flexibility index (Phi) is 11.7. The number of hydrazine groups is 1. The van der Waals surface area contributed by atoms with Crippen molar-refractivity contribution in [1.82, 2.24) is 15.8 Å². The van der Waals surface area contributed by atoms with E-state index in [0.717, 1.165) is 5.56 Å². The molecule has 3 N–H and O–H groups in total. The van der Waals surface area contributed by atoms with Crippen molar-refractivity contribution in [2.24, 2.45) is 23.7 Å². The van der Waals surface area contributed by atoms with Gasteiger partial charge in [0.25, 0.3) is 5.91 Å². The molecule has 7 nitrogen and oxygen atoms in total. The molecule has 3 atom stereocenters. The lowest BCUT2D eigenvalue weighted by atomic mass is 9.82. The number of allylic oxidation sites excluding steroid dienone is 1. The molecule has 0 aliphatic rings. The smallest absolute Gasteiger partial charge is 0.269 e. The van der Waals surface area contributed by atoms with Crippen molar-refractivity contribution >= 4 is 23.8 Å². The summed E-state index contributed by atoms with van der Waals surface area (Å²) in [5.41, 5.74) is 3.70. The zero-order valence-electron chi connectivity index (χ0n) is 20.2. The Bertz CT molecular complexity index is 760. The van der Waals surface area contributed by atoms with Crippen LogP contribution in [0, 0.1) is 23.7 Å². The van der Waals surface area contributed by atoms with Crippen molar-refractivity contribution < 1.29 is 19.5 Å². The Morgan fingerprint density at radius 1 is 0.969 bits per heavy atom. The molecule has 3 amide bonds. The zero-order valence-corrected chi connectivity index (χ0v) is 20.2. The number of nitrogens with one attached hydrogen (secondary N) is 2. The third-order valence-corrected chi connectivity index (χ3v) is 5.05. The van der Waals surface area contributed by atoms with Crippen LogP contribution < -0.4 is 10.7 Å². The summed E-state index contributed by atoms with van der Waals surface area (Å²) in [5.74, 6) is -2.16. The van der Waals surface area contributed by atoms with Gasteiger partial charge in [-0.1, -0.05) is 70.2 Å². The van der Waals surface area contributed by atoms with Crippen molar-refractivity contribution in [2.75, 3.05) is 13.6 Å². The van der Waals surface area contributed by atoms with Crippen LogP contribution in [0.2, 0.25) is 0 Å². The number of carbonyl (C=O) groups is 3. The van der Waals surface area contributed by atoms with Crippen LogP contribution in [-0.2, 0) is 14.4 Å². The summed E-state index contributed by atoms with van der Waals surface area (Å²) in [6.45, 7) is 9.46. The summed E-state index contributed by atoms with van der Waals surface area (Å²) in [5, 5.41) is 13.6. The van der Waals surface area contributed by atoms with Crippen molar-refractivity contribution in [3.05, 3.63) is 42.0 Å². The van der Waals surface area contributed by atoms with E-state index in [0.29, 0.717) is 12.8 Å². The maximum Gasteiger partial charge on any atom is 0.269 e. The topological polar surface area (TPSA) is 98.7 Å². The number of hydrogen-bond donors (Lipinski definition) is 3. The number of benzene rings is 1. The molecular weight excluding hydrogens is 406 g/mol. The van der Waals surface area contributed by atoms with E-state index in [1.165, 1.54) is 11.9 Å². The lowest BCUT2D eigenvalue weighted by Crippen LogP contribution is -2.54. The minimum Gasteiger partial charge on any atom is -0.383 e. The molecular formula is C25H39N3O4. The molecule has 0 aromatic heterocycles. The van der Waals surface area contributed by atoms with Crippen LogP contribution in [0.5, 0.6) is 0 Å². The van der Waals surface area contributed by atoms with Crippen LogP contribution >= 0.6 is 0 Å². The molecule has 178 valence electrons. The second-order valence-corrected chi connectivity index (χ2v) is 9.00. The van der Waals surface area contributed by atoms with E-state index in [1.54, 1.807) is 7.05 Å². The first-order valence-electron chi connectivity index (χ1n) is 11.3. The minimum atomic E-state index is -1.24. The summed E-state index contributed by atoms with van der Waals surface area (Å²) in [6.07, 6.45) is 3.47. The van der Waals surface area contributed by atoms with Gasteiger partial charge in [-0.2, -0.15) is 0 Å². The van der Waals surface area contributed by atoms with Gasteiger partial charge in [0.2, 0.25) is 11.8 Å². The Labute approximate surface area is 192 Å². The molecule has 3 unspecified atom stereocenters. The van der Waals surface area contributed by atoms with E-state index in [9.17, 15) is 19.5 Å². The summed E-state index contributed by atoms with van der Waals surface area (Å²) in [7, 11) is 1.56. The maximum absolute atomic E-state index is 13.3. The van der Waals surface area contributed by atoms with Gasteiger partial charge in [0.15, 0.2) is 0 Å². The molecule has 1 aromatic rings. The summed E-state index contributed by atoms with van der Waals surface area (Å²) >= 11 is 0. The lowest BCUT2D eigenvalue weighted by Gasteiger charge is -2.31. The average Bonchev–Trinajstić information content (AvgIpc) is 2.74. The Hall–Kier alpha value is -2.67. The predicted octanol–water partition coefficient (Wildman–Crippen LogP) is 3.01. The van der Waals surface area contributed by atoms with Gasteiger partial charge in [0.1, 0.15) is 6.10 Å². The highest BCUT2D eigenvalue weighted by Gasteiger charge is 2.35. The molecule has 0 heterocycles. The second-order valence-electron chi connectivity index (χ2n) is 9.00. The fraction of sp³-hybridized carbons (Fsp3) is 0.560. The van der Waals surface area contributed by atoms with E-state index in [-0.39, 0.29) is 24.3 Å². The number of carbonyl (C=O) groups excluding carboxylic acids is 3. The molecule has 0 aliphatic carbocycles. The first-order chi connectivity index (χ1) is 15.1. The number of hydrogen-bond acceptors (Lipinski definition) is 4. The van der Waals surface area contributed by atoms with Gasteiger partial charge < -0.3 is 10.4 Å². The third kappa shape index (κ3) is 9.22. The SMILES string of the molecule is CNC(=O)C(C/C=C/c1ccccc1)C(CC(C)C)C(=O)NN(CC(C)C)C(=O)C(C)O. The van der Waals surface area contributed by atoms with Crippen LogP contribution in [0.4, 0.5) is 0 Å². The summed E-state index contributed by atoms with van der Waals surface area (Å²) in [6, 6.07) is 9.75. The fourth-order valence-corrected chi connectivity index (χ4v) is 3.51. The largest absolute Gasteiger partial charge is 0.383 e. The predicted molar refractivity (Wildman–Crippen MR) is 127 cm³/mol. The third-order valence-electron chi connectivity index (χ3n) is 5.05. The molecule has 7 heteroatoms. The van der Waals surface area contributed by atoms with E-state index in [1.807, 2.05) is 70.2 Å².